The highest BCUT2D eigenvalue weighted by Gasteiger charge is 2.25. The van der Waals surface area contributed by atoms with E-state index in [1.807, 2.05) is 33.8 Å². The Morgan fingerprint density at radius 3 is 2.25 bits per heavy atom. The van der Waals surface area contributed by atoms with Crippen LogP contribution < -0.4 is 9.62 Å². The molecule has 2 aromatic rings. The fraction of sp³-hybridized carbons (Fsp3) is 0.409. The molecule has 1 heterocycles. The van der Waals surface area contributed by atoms with Gasteiger partial charge < -0.3 is 4.90 Å². The molecule has 5 nitrogen and oxygen atoms in total. The number of nitrogens with zero attached hydrogens (tertiary/aromatic N) is 1. The van der Waals surface area contributed by atoms with Crippen LogP contribution in [0, 0.1) is 27.7 Å². The van der Waals surface area contributed by atoms with Gasteiger partial charge in [-0.2, -0.15) is 0 Å². The SMILES string of the molecule is Cc1cc(C)c([C@H](C)NS(=O)(=O)c2ccc(N3CCCC3=O)c(C)c2)cc1C. The third-order valence-corrected chi connectivity index (χ3v) is 7.06. The molecule has 1 N–H and O–H groups in total. The van der Waals surface area contributed by atoms with Gasteiger partial charge in [-0.15, -0.1) is 0 Å². The molecular weight excluding hydrogens is 372 g/mol. The van der Waals surface area contributed by atoms with Crippen molar-refractivity contribution >= 4 is 21.6 Å². The van der Waals surface area contributed by atoms with E-state index in [0.29, 0.717) is 13.0 Å². The first-order valence-electron chi connectivity index (χ1n) is 9.61. The summed E-state index contributed by atoms with van der Waals surface area (Å²) >= 11 is 0. The molecule has 0 aliphatic carbocycles. The van der Waals surface area contributed by atoms with Crippen LogP contribution in [-0.4, -0.2) is 20.9 Å². The molecule has 0 aromatic heterocycles. The van der Waals surface area contributed by atoms with Gasteiger partial charge in [-0.3, -0.25) is 4.79 Å². The minimum absolute atomic E-state index is 0.0932. The number of carbonyl (C=O) groups is 1. The zero-order valence-corrected chi connectivity index (χ0v) is 18.0. The lowest BCUT2D eigenvalue weighted by atomic mass is 9.97. The molecule has 150 valence electrons. The van der Waals surface area contributed by atoms with E-state index in [9.17, 15) is 13.2 Å². The molecule has 0 unspecified atom stereocenters. The Bertz CT molecular complexity index is 1030. The highest BCUT2D eigenvalue weighted by atomic mass is 32.2. The minimum atomic E-state index is -3.68. The number of nitrogens with one attached hydrogen (secondary N) is 1. The molecule has 1 aliphatic heterocycles. The van der Waals surface area contributed by atoms with Crippen LogP contribution in [0.1, 0.15) is 53.6 Å². The Labute approximate surface area is 167 Å². The van der Waals surface area contributed by atoms with Gasteiger partial charge in [0.15, 0.2) is 0 Å². The molecule has 1 aliphatic rings. The van der Waals surface area contributed by atoms with E-state index < -0.39 is 10.0 Å². The highest BCUT2D eigenvalue weighted by Crippen LogP contribution is 2.28. The van der Waals surface area contributed by atoms with Crippen LogP contribution in [0.5, 0.6) is 0 Å². The van der Waals surface area contributed by atoms with Crippen molar-refractivity contribution in [1.29, 1.82) is 0 Å². The van der Waals surface area contributed by atoms with Gasteiger partial charge in [-0.25, -0.2) is 13.1 Å². The molecule has 28 heavy (non-hydrogen) atoms. The smallest absolute Gasteiger partial charge is 0.241 e. The van der Waals surface area contributed by atoms with Crippen molar-refractivity contribution in [3.63, 3.8) is 0 Å². The second-order valence-corrected chi connectivity index (χ2v) is 9.45. The zero-order chi connectivity index (χ0) is 20.6. The molecule has 1 amide bonds. The molecule has 0 bridgehead atoms. The first kappa shape index (κ1) is 20.6. The molecule has 2 aromatic carbocycles. The van der Waals surface area contributed by atoms with E-state index in [1.165, 1.54) is 5.56 Å². The lowest BCUT2D eigenvalue weighted by Crippen LogP contribution is -2.28. The summed E-state index contributed by atoms with van der Waals surface area (Å²) in [4.78, 5) is 13.9. The van der Waals surface area contributed by atoms with E-state index in [1.54, 1.807) is 23.1 Å². The highest BCUT2D eigenvalue weighted by molar-refractivity contribution is 7.89. The normalized spacial score (nSPS) is 15.9. The van der Waals surface area contributed by atoms with Gasteiger partial charge in [0.05, 0.1) is 4.90 Å². The fourth-order valence-electron chi connectivity index (χ4n) is 3.81. The summed E-state index contributed by atoms with van der Waals surface area (Å²) in [5, 5.41) is 0. The van der Waals surface area contributed by atoms with Crippen molar-refractivity contribution in [2.75, 3.05) is 11.4 Å². The number of aryl methyl sites for hydroxylation is 4. The summed E-state index contributed by atoms with van der Waals surface area (Å²) in [6, 6.07) is 8.75. The first-order chi connectivity index (χ1) is 13.1. The summed E-state index contributed by atoms with van der Waals surface area (Å²) in [6.07, 6.45) is 1.39. The molecule has 0 saturated carbocycles. The van der Waals surface area contributed by atoms with Crippen LogP contribution in [0.3, 0.4) is 0 Å². The van der Waals surface area contributed by atoms with Crippen molar-refractivity contribution < 1.29 is 13.2 Å². The molecule has 0 radical (unpaired) electrons. The predicted octanol–water partition coefficient (Wildman–Crippen LogP) is 4.09. The van der Waals surface area contributed by atoms with Gasteiger partial charge in [0.2, 0.25) is 15.9 Å². The van der Waals surface area contributed by atoms with Crippen LogP contribution >= 0.6 is 0 Å². The summed E-state index contributed by atoms with van der Waals surface area (Å²) in [5.41, 5.74) is 5.95. The van der Waals surface area contributed by atoms with E-state index in [4.69, 9.17) is 0 Å². The summed E-state index contributed by atoms with van der Waals surface area (Å²) < 4.78 is 28.7. The van der Waals surface area contributed by atoms with Crippen molar-refractivity contribution in [2.24, 2.45) is 0 Å². The molecule has 1 atom stereocenters. The second-order valence-electron chi connectivity index (χ2n) is 7.73. The summed E-state index contributed by atoms with van der Waals surface area (Å²) in [5.74, 6) is 0.0932. The van der Waals surface area contributed by atoms with Gasteiger partial charge in [0.1, 0.15) is 0 Å². The van der Waals surface area contributed by atoms with Gasteiger partial charge in [-0.1, -0.05) is 12.1 Å². The quantitative estimate of drug-likeness (QED) is 0.822. The van der Waals surface area contributed by atoms with Crippen molar-refractivity contribution in [3.05, 3.63) is 58.1 Å². The van der Waals surface area contributed by atoms with Gasteiger partial charge in [0.25, 0.3) is 0 Å². The number of amides is 1. The van der Waals surface area contributed by atoms with Crippen LogP contribution in [0.25, 0.3) is 0 Å². The van der Waals surface area contributed by atoms with Crippen LogP contribution in [0.15, 0.2) is 35.2 Å². The van der Waals surface area contributed by atoms with E-state index in [0.717, 1.165) is 34.4 Å². The summed E-state index contributed by atoms with van der Waals surface area (Å²) in [7, 11) is -3.68. The zero-order valence-electron chi connectivity index (χ0n) is 17.2. The van der Waals surface area contributed by atoms with Crippen molar-refractivity contribution in [3.8, 4) is 0 Å². The number of benzene rings is 2. The monoisotopic (exact) mass is 400 g/mol. The maximum absolute atomic E-state index is 12.9. The Morgan fingerprint density at radius 1 is 0.964 bits per heavy atom. The Morgan fingerprint density at radius 2 is 1.64 bits per heavy atom. The minimum Gasteiger partial charge on any atom is -0.312 e. The fourth-order valence-corrected chi connectivity index (χ4v) is 5.12. The van der Waals surface area contributed by atoms with E-state index in [-0.39, 0.29) is 16.8 Å². The molecular formula is C22H28N2O3S. The van der Waals surface area contributed by atoms with Crippen LogP contribution in [0.4, 0.5) is 5.69 Å². The first-order valence-corrected chi connectivity index (χ1v) is 11.1. The predicted molar refractivity (Wildman–Crippen MR) is 112 cm³/mol. The summed E-state index contributed by atoms with van der Waals surface area (Å²) in [6.45, 7) is 10.5. The van der Waals surface area contributed by atoms with Gasteiger partial charge in [-0.05, 0) is 87.1 Å². The molecule has 3 rings (SSSR count). The number of sulfonamides is 1. The standard InChI is InChI=1S/C22H28N2O3S/c1-14-11-16(3)20(13-15(14)2)18(5)23-28(26,27)19-8-9-21(17(4)12-19)24-10-6-7-22(24)25/h8-9,11-13,18,23H,6-7,10H2,1-5H3/t18-/m0/s1. The second kappa shape index (κ2) is 7.68. The molecule has 6 heteroatoms. The lowest BCUT2D eigenvalue weighted by Gasteiger charge is -2.21. The number of carbonyl (C=O) groups excluding carboxylic acids is 1. The number of hydrogen-bond donors (Lipinski definition) is 1. The average molecular weight is 401 g/mol. The number of anilines is 1. The van der Waals surface area contributed by atoms with E-state index >= 15 is 0 Å². The largest absolute Gasteiger partial charge is 0.312 e. The van der Waals surface area contributed by atoms with E-state index in [2.05, 4.69) is 17.7 Å². The maximum atomic E-state index is 12.9. The van der Waals surface area contributed by atoms with Crippen molar-refractivity contribution in [2.45, 2.75) is 58.4 Å². The average Bonchev–Trinajstić information content (AvgIpc) is 3.03. The van der Waals surface area contributed by atoms with Gasteiger partial charge in [0, 0.05) is 24.7 Å². The van der Waals surface area contributed by atoms with Crippen molar-refractivity contribution in [1.82, 2.24) is 4.72 Å². The number of hydrogen-bond acceptors (Lipinski definition) is 3. The lowest BCUT2D eigenvalue weighted by molar-refractivity contribution is -0.117. The molecule has 0 spiro atoms. The van der Waals surface area contributed by atoms with Crippen LogP contribution in [-0.2, 0) is 14.8 Å². The number of rotatable bonds is 5. The topological polar surface area (TPSA) is 66.5 Å². The third kappa shape index (κ3) is 3.98. The van der Waals surface area contributed by atoms with Gasteiger partial charge >= 0.3 is 0 Å². The Balaban J connectivity index is 1.86. The third-order valence-electron chi connectivity index (χ3n) is 5.52. The maximum Gasteiger partial charge on any atom is 0.241 e. The molecule has 1 saturated heterocycles. The van der Waals surface area contributed by atoms with Crippen LogP contribution in [0.2, 0.25) is 0 Å². The molecule has 1 fully saturated rings. The Kier molecular flexibility index (Phi) is 5.64. The Hall–Kier alpha value is -2.18.